The molecule has 0 fully saturated rings. The lowest BCUT2D eigenvalue weighted by atomic mass is 10.1. The summed E-state index contributed by atoms with van der Waals surface area (Å²) in [5.41, 5.74) is 1.22. The second-order valence-electron chi connectivity index (χ2n) is 7.50. The van der Waals surface area contributed by atoms with Gasteiger partial charge in [-0.05, 0) is 51.8 Å². The Morgan fingerprint density at radius 3 is 2.27 bits per heavy atom. The van der Waals surface area contributed by atoms with Gasteiger partial charge in [0.2, 0.25) is 0 Å². The second kappa shape index (κ2) is 13.7. The zero-order chi connectivity index (χ0) is 21.9. The molecule has 1 amide bonds. The van der Waals surface area contributed by atoms with Crippen LogP contribution in [0.2, 0.25) is 0 Å². The Morgan fingerprint density at radius 1 is 1.10 bits per heavy atom. The number of carbonyl (C=O) groups is 1. The predicted molar refractivity (Wildman–Crippen MR) is 134 cm³/mol. The molecule has 0 radical (unpaired) electrons. The number of anilines is 1. The second-order valence-corrected chi connectivity index (χ2v) is 9.97. The van der Waals surface area contributed by atoms with E-state index in [2.05, 4.69) is 20.9 Å². The van der Waals surface area contributed by atoms with Crippen LogP contribution in [0.4, 0.5) is 10.5 Å². The molecule has 0 aromatic heterocycles. The van der Waals surface area contributed by atoms with Gasteiger partial charge in [0.1, 0.15) is 5.60 Å². The van der Waals surface area contributed by atoms with Crippen molar-refractivity contribution in [3.8, 4) is 0 Å². The van der Waals surface area contributed by atoms with Gasteiger partial charge < -0.3 is 15.4 Å². The molecule has 0 heterocycles. The van der Waals surface area contributed by atoms with Crippen LogP contribution in [-0.4, -0.2) is 57.2 Å². The lowest BCUT2D eigenvalue weighted by molar-refractivity contribution is 0.0636. The van der Waals surface area contributed by atoms with Crippen LogP contribution in [0.5, 0.6) is 0 Å². The van der Waals surface area contributed by atoms with E-state index in [1.165, 1.54) is 0 Å². The summed E-state index contributed by atoms with van der Waals surface area (Å²) in [6.07, 6.45) is 0.271. The largest absolute Gasteiger partial charge is 0.444 e. The molecule has 1 rings (SSSR count). The fourth-order valence-corrected chi connectivity index (χ4v) is 2.94. The van der Waals surface area contributed by atoms with E-state index < -0.39 is 21.5 Å². The Hall–Kier alpha value is -1.56. The van der Waals surface area contributed by atoms with Gasteiger partial charge in [0.05, 0.1) is 12.3 Å². The summed E-state index contributed by atoms with van der Waals surface area (Å²) in [5.74, 6) is 0.777. The first kappa shape index (κ1) is 28.4. The molecule has 10 heteroatoms. The molecule has 0 aliphatic rings. The minimum atomic E-state index is -3.02. The molecule has 0 bridgehead atoms. The predicted octanol–water partition coefficient (Wildman–Crippen LogP) is 3.18. The Kier molecular flexibility index (Phi) is 13.0. The van der Waals surface area contributed by atoms with Crippen LogP contribution >= 0.6 is 24.0 Å². The molecule has 0 saturated heterocycles. The molecule has 0 aliphatic carbocycles. The highest BCUT2D eigenvalue weighted by molar-refractivity contribution is 14.0. The highest BCUT2D eigenvalue weighted by Gasteiger charge is 2.16. The number of guanidine groups is 1. The number of nitrogens with one attached hydrogen (secondary N) is 3. The van der Waals surface area contributed by atoms with Crippen LogP contribution in [0.3, 0.4) is 0 Å². The minimum absolute atomic E-state index is 0. The topological polar surface area (TPSA) is 109 Å². The molecule has 1 aromatic carbocycles. The van der Waals surface area contributed by atoms with E-state index in [0.29, 0.717) is 24.7 Å². The van der Waals surface area contributed by atoms with Crippen LogP contribution in [0.15, 0.2) is 29.3 Å². The van der Waals surface area contributed by atoms with Gasteiger partial charge >= 0.3 is 6.09 Å². The first-order valence-corrected chi connectivity index (χ1v) is 11.7. The molecule has 3 N–H and O–H groups in total. The average Bonchev–Trinajstić information content (AvgIpc) is 2.61. The Bertz CT molecular complexity index is 775. The number of hydrogen-bond donors (Lipinski definition) is 3. The van der Waals surface area contributed by atoms with Gasteiger partial charge in [-0.1, -0.05) is 19.1 Å². The van der Waals surface area contributed by atoms with Crippen LogP contribution < -0.4 is 16.0 Å². The van der Waals surface area contributed by atoms with E-state index in [1.54, 1.807) is 6.92 Å². The number of aliphatic imine (C=N–C) groups is 1. The van der Waals surface area contributed by atoms with E-state index in [0.717, 1.165) is 12.0 Å². The maximum atomic E-state index is 11.8. The van der Waals surface area contributed by atoms with Crippen molar-refractivity contribution < 1.29 is 17.9 Å². The van der Waals surface area contributed by atoms with Crippen molar-refractivity contribution in [3.05, 3.63) is 29.8 Å². The fourth-order valence-electron chi connectivity index (χ4n) is 2.28. The zero-order valence-electron chi connectivity index (χ0n) is 18.4. The van der Waals surface area contributed by atoms with Crippen molar-refractivity contribution in [1.82, 2.24) is 10.6 Å². The van der Waals surface area contributed by atoms with Gasteiger partial charge in [-0.3, -0.25) is 10.3 Å². The Morgan fingerprint density at radius 2 is 1.73 bits per heavy atom. The third-order valence-corrected chi connectivity index (χ3v) is 5.45. The highest BCUT2D eigenvalue weighted by atomic mass is 127. The lowest BCUT2D eigenvalue weighted by Crippen LogP contribution is -2.38. The summed E-state index contributed by atoms with van der Waals surface area (Å²) >= 11 is 0. The third-order valence-electron chi connectivity index (χ3n) is 3.76. The number of amides is 1. The Labute approximate surface area is 197 Å². The molecule has 0 spiro atoms. The quantitative estimate of drug-likeness (QED) is 0.246. The number of sulfone groups is 1. The van der Waals surface area contributed by atoms with Gasteiger partial charge in [0, 0.05) is 24.5 Å². The molecular weight excluding hydrogens is 519 g/mol. The van der Waals surface area contributed by atoms with E-state index >= 15 is 0 Å². The summed E-state index contributed by atoms with van der Waals surface area (Å²) in [6, 6.07) is 7.53. The highest BCUT2D eigenvalue weighted by Crippen LogP contribution is 2.13. The summed E-state index contributed by atoms with van der Waals surface area (Å²) in [6.45, 7) is 10.6. The molecule has 0 saturated carbocycles. The lowest BCUT2D eigenvalue weighted by Gasteiger charge is -2.19. The summed E-state index contributed by atoms with van der Waals surface area (Å²) in [4.78, 5) is 16.1. The van der Waals surface area contributed by atoms with E-state index in [1.807, 2.05) is 52.0 Å². The maximum absolute atomic E-state index is 11.8. The first-order chi connectivity index (χ1) is 13.5. The minimum Gasteiger partial charge on any atom is -0.444 e. The van der Waals surface area contributed by atoms with Crippen molar-refractivity contribution >= 4 is 51.6 Å². The molecule has 0 atom stereocenters. The van der Waals surface area contributed by atoms with Crippen molar-refractivity contribution in [3.63, 3.8) is 0 Å². The van der Waals surface area contributed by atoms with Crippen molar-refractivity contribution in [1.29, 1.82) is 0 Å². The number of ether oxygens (including phenoxy) is 1. The van der Waals surface area contributed by atoms with Crippen molar-refractivity contribution in [2.45, 2.75) is 46.6 Å². The molecule has 1 aromatic rings. The number of carbonyl (C=O) groups excluding carboxylic acids is 1. The molecule has 30 heavy (non-hydrogen) atoms. The normalized spacial score (nSPS) is 12.0. The Balaban J connectivity index is 0.00000841. The standard InChI is InChI=1S/C20H34N4O4S.HI/c1-6-21-18(23-14-15-29(26,27)7-2)22-13-12-16-8-10-17(11-9-16)24-19(25)28-20(3,4)5;/h8-11H,6-7,12-15H2,1-5H3,(H,24,25)(H2,21,22,23);1H. The molecule has 172 valence electrons. The van der Waals surface area contributed by atoms with Gasteiger partial charge in [-0.15, -0.1) is 24.0 Å². The van der Waals surface area contributed by atoms with Gasteiger partial charge in [-0.2, -0.15) is 0 Å². The number of halogens is 1. The molecule has 0 aliphatic heterocycles. The van der Waals surface area contributed by atoms with Gasteiger partial charge in [0.25, 0.3) is 0 Å². The fraction of sp³-hybridized carbons (Fsp3) is 0.600. The maximum Gasteiger partial charge on any atom is 0.412 e. The van der Waals surface area contributed by atoms with Gasteiger partial charge in [0.15, 0.2) is 15.8 Å². The van der Waals surface area contributed by atoms with Gasteiger partial charge in [-0.25, -0.2) is 13.2 Å². The van der Waals surface area contributed by atoms with E-state index in [4.69, 9.17) is 4.74 Å². The van der Waals surface area contributed by atoms with E-state index in [9.17, 15) is 13.2 Å². The first-order valence-electron chi connectivity index (χ1n) is 9.86. The van der Waals surface area contributed by atoms with Crippen LogP contribution in [-0.2, 0) is 21.0 Å². The smallest absolute Gasteiger partial charge is 0.412 e. The number of nitrogens with zero attached hydrogens (tertiary/aromatic N) is 1. The van der Waals surface area contributed by atoms with Crippen LogP contribution in [0.25, 0.3) is 0 Å². The van der Waals surface area contributed by atoms with Crippen LogP contribution in [0.1, 0.15) is 40.2 Å². The molecule has 8 nitrogen and oxygen atoms in total. The summed E-state index contributed by atoms with van der Waals surface area (Å²) < 4.78 is 28.3. The third kappa shape index (κ3) is 12.9. The van der Waals surface area contributed by atoms with E-state index in [-0.39, 0.29) is 42.0 Å². The summed E-state index contributed by atoms with van der Waals surface area (Å²) in [5, 5.41) is 9.01. The zero-order valence-corrected chi connectivity index (χ0v) is 21.6. The number of rotatable bonds is 9. The van der Waals surface area contributed by atoms with Crippen LogP contribution in [0, 0.1) is 0 Å². The number of hydrogen-bond acceptors (Lipinski definition) is 5. The molecular formula is C20H35IN4O4S. The number of benzene rings is 1. The SMILES string of the molecule is CCNC(=NCCS(=O)(=O)CC)NCCc1ccc(NC(=O)OC(C)(C)C)cc1.I. The van der Waals surface area contributed by atoms with Crippen molar-refractivity contribution in [2.24, 2.45) is 4.99 Å². The summed E-state index contributed by atoms with van der Waals surface area (Å²) in [7, 11) is -3.02. The average molecular weight is 554 g/mol. The monoisotopic (exact) mass is 554 g/mol. The van der Waals surface area contributed by atoms with Crippen molar-refractivity contribution in [2.75, 3.05) is 36.5 Å². The molecule has 0 unspecified atom stereocenters.